The van der Waals surface area contributed by atoms with E-state index in [1.165, 1.54) is 16.8 Å². The molecule has 0 saturated heterocycles. The summed E-state index contributed by atoms with van der Waals surface area (Å²) < 4.78 is 31.4. The molecule has 3 heterocycles. The molecule has 32 heavy (non-hydrogen) atoms. The number of alkyl halides is 2. The SMILES string of the molecule is CN(C)c1ccc(Nc2ncc3cc(OC(F)F)c(=O)n([C@@H]4CCC[C@@]4(C)O)c3n2)cn1. The maximum absolute atomic E-state index is 13.1. The first-order valence-corrected chi connectivity index (χ1v) is 10.2. The molecule has 0 amide bonds. The smallest absolute Gasteiger partial charge is 0.387 e. The third kappa shape index (κ3) is 4.20. The van der Waals surface area contributed by atoms with Crippen LogP contribution in [0.4, 0.5) is 26.2 Å². The van der Waals surface area contributed by atoms with Gasteiger partial charge in [-0.1, -0.05) is 0 Å². The van der Waals surface area contributed by atoms with Gasteiger partial charge in [-0.3, -0.25) is 9.36 Å². The highest BCUT2D eigenvalue weighted by Crippen LogP contribution is 2.40. The molecule has 11 heteroatoms. The van der Waals surface area contributed by atoms with Crippen molar-refractivity contribution in [1.82, 2.24) is 19.5 Å². The fourth-order valence-corrected chi connectivity index (χ4v) is 4.02. The summed E-state index contributed by atoms with van der Waals surface area (Å²) in [4.78, 5) is 27.9. The first-order valence-electron chi connectivity index (χ1n) is 10.2. The summed E-state index contributed by atoms with van der Waals surface area (Å²) in [5.41, 5.74) is -1.11. The Balaban J connectivity index is 1.80. The normalized spacial score (nSPS) is 20.7. The molecule has 3 aromatic heterocycles. The van der Waals surface area contributed by atoms with Crippen LogP contribution < -0.4 is 20.5 Å². The lowest BCUT2D eigenvalue weighted by Crippen LogP contribution is -2.38. The van der Waals surface area contributed by atoms with Gasteiger partial charge in [-0.2, -0.15) is 13.8 Å². The van der Waals surface area contributed by atoms with Gasteiger partial charge < -0.3 is 20.1 Å². The molecule has 170 valence electrons. The molecule has 2 N–H and O–H groups in total. The summed E-state index contributed by atoms with van der Waals surface area (Å²) in [6.45, 7) is -1.53. The lowest BCUT2D eigenvalue weighted by molar-refractivity contribution is -0.0513. The number of aromatic nitrogens is 4. The number of rotatable bonds is 6. The fraction of sp³-hybridized carbons (Fsp3) is 0.429. The Labute approximate surface area is 182 Å². The zero-order valence-electron chi connectivity index (χ0n) is 17.9. The van der Waals surface area contributed by atoms with Gasteiger partial charge >= 0.3 is 6.61 Å². The molecule has 0 radical (unpaired) electrons. The minimum atomic E-state index is -3.16. The van der Waals surface area contributed by atoms with Crippen LogP contribution in [0.15, 0.2) is 35.4 Å². The number of halogens is 2. The number of anilines is 3. The molecule has 1 saturated carbocycles. The van der Waals surface area contributed by atoms with Gasteiger partial charge in [-0.15, -0.1) is 0 Å². The van der Waals surface area contributed by atoms with Crippen molar-refractivity contribution in [3.63, 3.8) is 0 Å². The minimum Gasteiger partial charge on any atom is -0.429 e. The van der Waals surface area contributed by atoms with Gasteiger partial charge in [0, 0.05) is 25.7 Å². The molecule has 3 aromatic rings. The summed E-state index contributed by atoms with van der Waals surface area (Å²) in [5.74, 6) is 0.465. The molecule has 0 bridgehead atoms. The topological polar surface area (TPSA) is 105 Å². The highest BCUT2D eigenvalue weighted by Gasteiger charge is 2.40. The van der Waals surface area contributed by atoms with E-state index in [4.69, 9.17) is 0 Å². The lowest BCUT2D eigenvalue weighted by Gasteiger charge is -2.28. The zero-order valence-corrected chi connectivity index (χ0v) is 17.9. The predicted molar refractivity (Wildman–Crippen MR) is 116 cm³/mol. The number of ether oxygens (including phenoxy) is 1. The van der Waals surface area contributed by atoms with Gasteiger partial charge in [-0.25, -0.2) is 9.97 Å². The maximum Gasteiger partial charge on any atom is 0.387 e. The van der Waals surface area contributed by atoms with E-state index >= 15 is 0 Å². The number of hydrogen-bond donors (Lipinski definition) is 2. The van der Waals surface area contributed by atoms with Crippen LogP contribution in [0.25, 0.3) is 11.0 Å². The minimum absolute atomic E-state index is 0.199. The van der Waals surface area contributed by atoms with Crippen molar-refractivity contribution in [1.29, 1.82) is 0 Å². The Morgan fingerprint density at radius 1 is 1.31 bits per heavy atom. The monoisotopic (exact) mass is 446 g/mol. The zero-order chi connectivity index (χ0) is 23.0. The molecule has 0 aliphatic heterocycles. The van der Waals surface area contributed by atoms with Crippen molar-refractivity contribution < 1.29 is 18.6 Å². The van der Waals surface area contributed by atoms with Crippen molar-refractivity contribution in [2.45, 2.75) is 44.4 Å². The highest BCUT2D eigenvalue weighted by atomic mass is 19.3. The molecule has 1 aliphatic rings. The van der Waals surface area contributed by atoms with Crippen LogP contribution in [0.3, 0.4) is 0 Å². The molecule has 0 unspecified atom stereocenters. The van der Waals surface area contributed by atoms with E-state index in [0.717, 1.165) is 5.82 Å². The third-order valence-electron chi connectivity index (χ3n) is 5.61. The van der Waals surface area contributed by atoms with Crippen molar-refractivity contribution in [2.24, 2.45) is 0 Å². The van der Waals surface area contributed by atoms with Crippen LogP contribution in [-0.2, 0) is 0 Å². The van der Waals surface area contributed by atoms with E-state index in [2.05, 4.69) is 25.0 Å². The van der Waals surface area contributed by atoms with Crippen molar-refractivity contribution in [3.05, 3.63) is 40.9 Å². The molecule has 1 aliphatic carbocycles. The van der Waals surface area contributed by atoms with Crippen LogP contribution >= 0.6 is 0 Å². The van der Waals surface area contributed by atoms with Gasteiger partial charge in [0.15, 0.2) is 5.75 Å². The number of nitrogens with one attached hydrogen (secondary N) is 1. The number of aliphatic hydroxyl groups is 1. The predicted octanol–water partition coefficient (Wildman–Crippen LogP) is 3.07. The fourth-order valence-electron chi connectivity index (χ4n) is 4.02. The Morgan fingerprint density at radius 2 is 2.09 bits per heavy atom. The average Bonchev–Trinajstić information content (AvgIpc) is 3.07. The summed E-state index contributed by atoms with van der Waals surface area (Å²) in [7, 11) is 3.76. The molecule has 2 atom stereocenters. The molecule has 9 nitrogen and oxygen atoms in total. The third-order valence-corrected chi connectivity index (χ3v) is 5.61. The van der Waals surface area contributed by atoms with E-state index in [1.54, 1.807) is 13.1 Å². The van der Waals surface area contributed by atoms with Gasteiger partial charge in [0.1, 0.15) is 11.5 Å². The number of hydrogen-bond acceptors (Lipinski definition) is 8. The Kier molecular flexibility index (Phi) is 5.68. The van der Waals surface area contributed by atoms with E-state index in [0.29, 0.717) is 30.3 Å². The Bertz CT molecular complexity index is 1180. The molecule has 0 aromatic carbocycles. The number of nitrogens with zero attached hydrogens (tertiary/aromatic N) is 5. The molecule has 4 rings (SSSR count). The van der Waals surface area contributed by atoms with Crippen LogP contribution in [-0.4, -0.2) is 50.9 Å². The van der Waals surface area contributed by atoms with Gasteiger partial charge in [0.25, 0.3) is 5.56 Å². The summed E-state index contributed by atoms with van der Waals surface area (Å²) in [5, 5.41) is 14.2. The van der Waals surface area contributed by atoms with Crippen LogP contribution in [0.5, 0.6) is 5.75 Å². The first-order chi connectivity index (χ1) is 15.2. The van der Waals surface area contributed by atoms with E-state index in [9.17, 15) is 18.7 Å². The van der Waals surface area contributed by atoms with Crippen molar-refractivity contribution >= 4 is 28.5 Å². The molecule has 0 spiro atoms. The van der Waals surface area contributed by atoms with Crippen LogP contribution in [0.2, 0.25) is 0 Å². The van der Waals surface area contributed by atoms with Crippen molar-refractivity contribution in [2.75, 3.05) is 24.3 Å². The average molecular weight is 446 g/mol. The summed E-state index contributed by atoms with van der Waals surface area (Å²) in [6.07, 6.45) is 4.71. The number of pyridine rings is 2. The van der Waals surface area contributed by atoms with E-state index in [1.807, 2.05) is 31.1 Å². The largest absolute Gasteiger partial charge is 0.429 e. The second-order valence-electron chi connectivity index (χ2n) is 8.22. The van der Waals surface area contributed by atoms with Gasteiger partial charge in [0.05, 0.1) is 23.5 Å². The van der Waals surface area contributed by atoms with E-state index in [-0.39, 0.29) is 11.6 Å². The Morgan fingerprint density at radius 3 is 2.69 bits per heavy atom. The second-order valence-corrected chi connectivity index (χ2v) is 8.22. The van der Waals surface area contributed by atoms with E-state index < -0.39 is 29.6 Å². The van der Waals surface area contributed by atoms with Gasteiger partial charge in [0.2, 0.25) is 5.95 Å². The lowest BCUT2D eigenvalue weighted by atomic mass is 10.00. The Hall–Kier alpha value is -3.34. The quantitative estimate of drug-likeness (QED) is 0.595. The van der Waals surface area contributed by atoms with Gasteiger partial charge in [-0.05, 0) is 44.4 Å². The second kappa shape index (κ2) is 8.30. The van der Waals surface area contributed by atoms with Crippen LogP contribution in [0, 0.1) is 0 Å². The highest BCUT2D eigenvalue weighted by molar-refractivity contribution is 5.77. The van der Waals surface area contributed by atoms with Crippen molar-refractivity contribution in [3.8, 4) is 5.75 Å². The molecular formula is C21H24F2N6O3. The summed E-state index contributed by atoms with van der Waals surface area (Å²) >= 11 is 0. The first kappa shape index (κ1) is 21.9. The summed E-state index contributed by atoms with van der Waals surface area (Å²) in [6, 6.07) is 4.19. The number of fused-ring (bicyclic) bond motifs is 1. The molecular weight excluding hydrogens is 422 g/mol. The molecule has 1 fully saturated rings. The standard InChI is InChI=1S/C21H24F2N6O3/c1-21(31)8-4-5-15(21)29-17-12(9-14(18(29)30)32-19(22)23)10-25-20(27-17)26-13-6-7-16(24-11-13)28(2)3/h6-7,9-11,15,19,31H,4-5,8H2,1-3H3,(H,25,26,27)/t15-,21-/m1/s1. The van der Waals surface area contributed by atoms with Crippen LogP contribution in [0.1, 0.15) is 32.2 Å². The maximum atomic E-state index is 13.1.